The molecule has 6 nitrogen and oxygen atoms in total. The van der Waals surface area contributed by atoms with Gasteiger partial charge in [0, 0.05) is 44.0 Å². The SMILES string of the molecule is COc1ncccc1CN1C[C@H](C(=O)NCC2CC2)C[C@H]2OCC[C@H]21. The largest absolute Gasteiger partial charge is 0.481 e. The third kappa shape index (κ3) is 3.80. The molecule has 6 heteroatoms. The van der Waals surface area contributed by atoms with E-state index in [1.54, 1.807) is 13.3 Å². The van der Waals surface area contributed by atoms with Crippen molar-refractivity contribution in [1.82, 2.24) is 15.2 Å². The molecule has 1 amide bonds. The van der Waals surface area contributed by atoms with E-state index in [1.165, 1.54) is 12.8 Å². The minimum absolute atomic E-state index is 0.000710. The molecule has 136 valence electrons. The van der Waals surface area contributed by atoms with Crippen LogP contribution in [0.5, 0.6) is 5.88 Å². The van der Waals surface area contributed by atoms with Gasteiger partial charge < -0.3 is 14.8 Å². The maximum atomic E-state index is 12.6. The topological polar surface area (TPSA) is 63.7 Å². The Morgan fingerprint density at radius 3 is 3.12 bits per heavy atom. The Kier molecular flexibility index (Phi) is 4.90. The molecule has 1 aromatic rings. The summed E-state index contributed by atoms with van der Waals surface area (Å²) in [6, 6.07) is 4.37. The molecular weight excluding hydrogens is 318 g/mol. The Balaban J connectivity index is 1.45. The van der Waals surface area contributed by atoms with Crippen LogP contribution >= 0.6 is 0 Å². The predicted octanol–water partition coefficient (Wildman–Crippen LogP) is 1.60. The second-order valence-electron chi connectivity index (χ2n) is 7.49. The Bertz CT molecular complexity index is 620. The van der Waals surface area contributed by atoms with E-state index in [9.17, 15) is 4.79 Å². The highest BCUT2D eigenvalue weighted by atomic mass is 16.5. The van der Waals surface area contributed by atoms with Crippen LogP contribution in [0.3, 0.4) is 0 Å². The van der Waals surface area contributed by atoms with Crippen LogP contribution < -0.4 is 10.1 Å². The fourth-order valence-electron chi connectivity index (χ4n) is 4.08. The van der Waals surface area contributed by atoms with Gasteiger partial charge >= 0.3 is 0 Å². The number of nitrogens with one attached hydrogen (secondary N) is 1. The van der Waals surface area contributed by atoms with Crippen LogP contribution in [0.2, 0.25) is 0 Å². The normalized spacial score (nSPS) is 29.2. The van der Waals surface area contributed by atoms with Crippen LogP contribution in [0.4, 0.5) is 0 Å². The van der Waals surface area contributed by atoms with Gasteiger partial charge in [-0.2, -0.15) is 0 Å². The van der Waals surface area contributed by atoms with Crippen molar-refractivity contribution in [3.8, 4) is 5.88 Å². The van der Waals surface area contributed by atoms with E-state index in [-0.39, 0.29) is 17.9 Å². The molecule has 0 aromatic carbocycles. The molecule has 3 atom stereocenters. The zero-order valence-corrected chi connectivity index (χ0v) is 14.8. The third-order valence-electron chi connectivity index (χ3n) is 5.66. The molecule has 2 aliphatic heterocycles. The summed E-state index contributed by atoms with van der Waals surface area (Å²) in [5, 5.41) is 3.14. The number of carbonyl (C=O) groups excluding carboxylic acids is 1. The van der Waals surface area contributed by atoms with E-state index in [2.05, 4.69) is 15.2 Å². The van der Waals surface area contributed by atoms with Gasteiger partial charge in [0.2, 0.25) is 11.8 Å². The summed E-state index contributed by atoms with van der Waals surface area (Å²) < 4.78 is 11.3. The molecule has 3 aliphatic rings. The molecule has 0 unspecified atom stereocenters. The number of methoxy groups -OCH3 is 1. The number of fused-ring (bicyclic) bond motifs is 1. The first-order valence-corrected chi connectivity index (χ1v) is 9.36. The molecular formula is C19H27N3O3. The fourth-order valence-corrected chi connectivity index (χ4v) is 4.08. The van der Waals surface area contributed by atoms with E-state index in [0.717, 1.165) is 44.6 Å². The Hall–Kier alpha value is -1.66. The van der Waals surface area contributed by atoms with E-state index in [0.29, 0.717) is 17.8 Å². The van der Waals surface area contributed by atoms with Gasteiger partial charge in [0.25, 0.3) is 0 Å². The summed E-state index contributed by atoms with van der Waals surface area (Å²) in [5.74, 6) is 1.56. The molecule has 25 heavy (non-hydrogen) atoms. The van der Waals surface area contributed by atoms with Gasteiger partial charge in [-0.1, -0.05) is 6.07 Å². The van der Waals surface area contributed by atoms with Crippen molar-refractivity contribution in [3.63, 3.8) is 0 Å². The maximum Gasteiger partial charge on any atom is 0.224 e. The van der Waals surface area contributed by atoms with Gasteiger partial charge in [-0.25, -0.2) is 4.98 Å². The monoisotopic (exact) mass is 345 g/mol. The van der Waals surface area contributed by atoms with Crippen LogP contribution in [-0.2, 0) is 16.1 Å². The van der Waals surface area contributed by atoms with Crippen LogP contribution in [-0.4, -0.2) is 54.7 Å². The van der Waals surface area contributed by atoms with Gasteiger partial charge in [-0.05, 0) is 37.7 Å². The number of aromatic nitrogens is 1. The smallest absolute Gasteiger partial charge is 0.224 e. The lowest BCUT2D eigenvalue weighted by atomic mass is 9.89. The second-order valence-corrected chi connectivity index (χ2v) is 7.49. The zero-order valence-electron chi connectivity index (χ0n) is 14.8. The highest BCUT2D eigenvalue weighted by Gasteiger charge is 2.42. The second kappa shape index (κ2) is 7.30. The van der Waals surface area contributed by atoms with Gasteiger partial charge in [0.05, 0.1) is 19.1 Å². The van der Waals surface area contributed by atoms with Crippen LogP contribution in [0, 0.1) is 11.8 Å². The standard InChI is InChI=1S/C19H27N3O3/c1-24-19-14(3-2-7-20-19)11-22-12-15(9-17-16(22)6-8-25-17)18(23)21-10-13-4-5-13/h2-3,7,13,15-17H,4-6,8-12H2,1H3,(H,21,23)/t15-,16-,17-/m1/s1. The average molecular weight is 345 g/mol. The number of hydrogen-bond donors (Lipinski definition) is 1. The molecule has 0 bridgehead atoms. The maximum absolute atomic E-state index is 12.6. The number of likely N-dealkylation sites (tertiary alicyclic amines) is 1. The van der Waals surface area contributed by atoms with E-state index in [1.807, 2.05) is 12.1 Å². The van der Waals surface area contributed by atoms with Crippen molar-refractivity contribution in [2.45, 2.75) is 44.4 Å². The number of rotatable bonds is 6. The van der Waals surface area contributed by atoms with E-state index >= 15 is 0 Å². The highest BCUT2D eigenvalue weighted by molar-refractivity contribution is 5.79. The molecule has 1 aromatic heterocycles. The van der Waals surface area contributed by atoms with Gasteiger partial charge in [0.15, 0.2) is 0 Å². The number of nitrogens with zero attached hydrogens (tertiary/aromatic N) is 2. The summed E-state index contributed by atoms with van der Waals surface area (Å²) in [5.41, 5.74) is 1.06. The fraction of sp³-hybridized carbons (Fsp3) is 0.684. The van der Waals surface area contributed by atoms with Gasteiger partial charge in [0.1, 0.15) is 0 Å². The minimum atomic E-state index is 0.000710. The zero-order chi connectivity index (χ0) is 17.2. The molecule has 1 N–H and O–H groups in total. The predicted molar refractivity (Wildman–Crippen MR) is 93.2 cm³/mol. The Morgan fingerprint density at radius 1 is 1.44 bits per heavy atom. The van der Waals surface area contributed by atoms with Crippen LogP contribution in [0.1, 0.15) is 31.2 Å². The first kappa shape index (κ1) is 16.8. The van der Waals surface area contributed by atoms with Crippen LogP contribution in [0.15, 0.2) is 18.3 Å². The van der Waals surface area contributed by atoms with E-state index in [4.69, 9.17) is 9.47 Å². The number of hydrogen-bond acceptors (Lipinski definition) is 5. The van der Waals surface area contributed by atoms with Crippen molar-refractivity contribution in [1.29, 1.82) is 0 Å². The summed E-state index contributed by atoms with van der Waals surface area (Å²) in [6.07, 6.45) is 6.28. The molecule has 1 saturated carbocycles. The van der Waals surface area contributed by atoms with Gasteiger partial charge in [-0.15, -0.1) is 0 Å². The van der Waals surface area contributed by atoms with Gasteiger partial charge in [-0.3, -0.25) is 9.69 Å². The Morgan fingerprint density at radius 2 is 2.32 bits per heavy atom. The van der Waals surface area contributed by atoms with Crippen molar-refractivity contribution >= 4 is 5.91 Å². The highest BCUT2D eigenvalue weighted by Crippen LogP contribution is 2.34. The number of carbonyl (C=O) groups is 1. The summed E-state index contributed by atoms with van der Waals surface area (Å²) in [4.78, 5) is 19.3. The summed E-state index contributed by atoms with van der Waals surface area (Å²) in [7, 11) is 1.65. The van der Waals surface area contributed by atoms with Crippen molar-refractivity contribution in [2.24, 2.45) is 11.8 Å². The van der Waals surface area contributed by atoms with E-state index < -0.39 is 0 Å². The number of amides is 1. The number of pyridine rings is 1. The molecule has 0 spiro atoms. The number of piperidine rings is 1. The number of ether oxygens (including phenoxy) is 2. The molecule has 2 saturated heterocycles. The lowest BCUT2D eigenvalue weighted by molar-refractivity contribution is -0.129. The lowest BCUT2D eigenvalue weighted by Gasteiger charge is -2.40. The summed E-state index contributed by atoms with van der Waals surface area (Å²) >= 11 is 0. The third-order valence-corrected chi connectivity index (χ3v) is 5.66. The summed E-state index contributed by atoms with van der Waals surface area (Å²) in [6.45, 7) is 3.14. The Labute approximate surface area is 148 Å². The minimum Gasteiger partial charge on any atom is -0.481 e. The average Bonchev–Trinajstić information content (AvgIpc) is 3.34. The molecule has 1 aliphatic carbocycles. The quantitative estimate of drug-likeness (QED) is 0.848. The molecule has 3 heterocycles. The molecule has 4 rings (SSSR count). The molecule has 0 radical (unpaired) electrons. The van der Waals surface area contributed by atoms with Crippen molar-refractivity contribution in [3.05, 3.63) is 23.9 Å². The first-order chi connectivity index (χ1) is 12.2. The van der Waals surface area contributed by atoms with Crippen LogP contribution in [0.25, 0.3) is 0 Å². The lowest BCUT2D eigenvalue weighted by Crippen LogP contribution is -2.52. The van der Waals surface area contributed by atoms with Crippen molar-refractivity contribution in [2.75, 3.05) is 26.8 Å². The molecule has 3 fully saturated rings. The van der Waals surface area contributed by atoms with Crippen molar-refractivity contribution < 1.29 is 14.3 Å². The first-order valence-electron chi connectivity index (χ1n) is 9.36.